The van der Waals surface area contributed by atoms with E-state index in [1.807, 2.05) is 13.0 Å². The first-order valence-electron chi connectivity index (χ1n) is 4.75. The number of benzene rings is 1. The van der Waals surface area contributed by atoms with Gasteiger partial charge in [0.2, 0.25) is 0 Å². The Labute approximate surface area is 92.4 Å². The minimum absolute atomic E-state index is 0.170. The van der Waals surface area contributed by atoms with Crippen molar-refractivity contribution in [3.63, 3.8) is 0 Å². The van der Waals surface area contributed by atoms with Gasteiger partial charge in [-0.05, 0) is 31.9 Å². The number of hydrogen-bond acceptors (Lipinski definition) is 1. The first-order chi connectivity index (χ1) is 6.79. The molecule has 1 rings (SSSR count). The smallest absolute Gasteiger partial charge is 0.130 e. The minimum Gasteiger partial charge on any atom is -0.493 e. The van der Waals surface area contributed by atoms with Crippen LogP contribution in [-0.4, -0.2) is 11.9 Å². The van der Waals surface area contributed by atoms with E-state index in [1.54, 1.807) is 6.07 Å². The first-order valence-corrected chi connectivity index (χ1v) is 5.88. The predicted molar refractivity (Wildman–Crippen MR) is 59.7 cm³/mol. The summed E-state index contributed by atoms with van der Waals surface area (Å²) in [5.41, 5.74) is 0.689. The van der Waals surface area contributed by atoms with Crippen molar-refractivity contribution in [1.82, 2.24) is 0 Å². The third kappa shape index (κ3) is 2.98. The molecular formula is C11H14BrFO. The molecule has 0 amide bonds. The third-order valence-electron chi connectivity index (χ3n) is 1.94. The molecule has 1 aromatic rings. The quantitative estimate of drug-likeness (QED) is 0.736. The van der Waals surface area contributed by atoms with E-state index in [1.165, 1.54) is 6.07 Å². The lowest BCUT2D eigenvalue weighted by Crippen LogP contribution is -1.99. The Balaban J connectivity index is 2.84. The van der Waals surface area contributed by atoms with Crippen LogP contribution in [0.3, 0.4) is 0 Å². The van der Waals surface area contributed by atoms with E-state index in [9.17, 15) is 4.39 Å². The van der Waals surface area contributed by atoms with Gasteiger partial charge in [0.15, 0.2) is 0 Å². The summed E-state index contributed by atoms with van der Waals surface area (Å²) in [6, 6.07) is 4.97. The molecule has 0 bridgehead atoms. The van der Waals surface area contributed by atoms with Gasteiger partial charge in [-0.1, -0.05) is 22.0 Å². The van der Waals surface area contributed by atoms with E-state index in [4.69, 9.17) is 4.74 Å². The summed E-state index contributed by atoms with van der Waals surface area (Å²) in [6.07, 6.45) is 1.63. The summed E-state index contributed by atoms with van der Waals surface area (Å²) < 4.78 is 18.8. The van der Waals surface area contributed by atoms with Gasteiger partial charge in [0.25, 0.3) is 0 Å². The van der Waals surface area contributed by atoms with Gasteiger partial charge in [-0.15, -0.1) is 0 Å². The van der Waals surface area contributed by atoms with Crippen LogP contribution in [0.2, 0.25) is 0 Å². The molecule has 0 aromatic heterocycles. The molecule has 0 atom stereocenters. The summed E-state index contributed by atoms with van der Waals surface area (Å²) in [4.78, 5) is 0. The van der Waals surface area contributed by atoms with Crippen LogP contribution >= 0.6 is 15.9 Å². The highest BCUT2D eigenvalue weighted by atomic mass is 79.9. The summed E-state index contributed by atoms with van der Waals surface area (Å²) in [7, 11) is 0. The fraction of sp³-hybridized carbons (Fsp3) is 0.455. The maximum absolute atomic E-state index is 13.4. The van der Waals surface area contributed by atoms with Crippen molar-refractivity contribution in [2.75, 3.05) is 11.9 Å². The molecular weight excluding hydrogens is 247 g/mol. The maximum Gasteiger partial charge on any atom is 0.130 e. The molecule has 1 nitrogen and oxygen atoms in total. The van der Waals surface area contributed by atoms with Gasteiger partial charge in [0.1, 0.15) is 11.6 Å². The second-order valence-corrected chi connectivity index (χ2v) is 3.74. The molecule has 3 heteroatoms. The fourth-order valence-electron chi connectivity index (χ4n) is 1.32. The van der Waals surface area contributed by atoms with E-state index < -0.39 is 0 Å². The van der Waals surface area contributed by atoms with Gasteiger partial charge in [-0.2, -0.15) is 0 Å². The molecule has 0 saturated carbocycles. The minimum atomic E-state index is -0.170. The highest BCUT2D eigenvalue weighted by molar-refractivity contribution is 9.09. The summed E-state index contributed by atoms with van der Waals surface area (Å²) in [6.45, 7) is 2.48. The molecule has 0 radical (unpaired) electrons. The molecule has 0 heterocycles. The van der Waals surface area contributed by atoms with Crippen molar-refractivity contribution < 1.29 is 9.13 Å². The number of alkyl halides is 1. The molecule has 1 aromatic carbocycles. The lowest BCUT2D eigenvalue weighted by Gasteiger charge is -2.10. The van der Waals surface area contributed by atoms with E-state index in [0.29, 0.717) is 24.3 Å². The van der Waals surface area contributed by atoms with Crippen LogP contribution in [0.4, 0.5) is 4.39 Å². The van der Waals surface area contributed by atoms with Crippen LogP contribution < -0.4 is 4.74 Å². The highest BCUT2D eigenvalue weighted by Crippen LogP contribution is 2.23. The van der Waals surface area contributed by atoms with Gasteiger partial charge in [0.05, 0.1) is 6.61 Å². The highest BCUT2D eigenvalue weighted by Gasteiger charge is 2.08. The Morgan fingerprint density at radius 2 is 2.21 bits per heavy atom. The Morgan fingerprint density at radius 3 is 2.86 bits per heavy atom. The average molecular weight is 261 g/mol. The zero-order valence-electron chi connectivity index (χ0n) is 8.22. The second kappa shape index (κ2) is 6.02. The Bertz CT molecular complexity index is 289. The first kappa shape index (κ1) is 11.5. The van der Waals surface area contributed by atoms with Gasteiger partial charge in [0, 0.05) is 10.9 Å². The van der Waals surface area contributed by atoms with Crippen LogP contribution in [0, 0.1) is 5.82 Å². The van der Waals surface area contributed by atoms with Crippen LogP contribution in [0.1, 0.15) is 18.9 Å². The molecule has 0 spiro atoms. The SMILES string of the molecule is CCOc1cccc(F)c1CCCBr. The van der Waals surface area contributed by atoms with Crippen LogP contribution in [0.15, 0.2) is 18.2 Å². The Kier molecular flexibility index (Phi) is 4.94. The van der Waals surface area contributed by atoms with E-state index in [-0.39, 0.29) is 5.82 Å². The largest absolute Gasteiger partial charge is 0.493 e. The van der Waals surface area contributed by atoms with Gasteiger partial charge < -0.3 is 4.74 Å². The normalized spacial score (nSPS) is 10.2. The van der Waals surface area contributed by atoms with Crippen molar-refractivity contribution in [3.8, 4) is 5.75 Å². The van der Waals surface area contributed by atoms with Crippen molar-refractivity contribution in [1.29, 1.82) is 0 Å². The van der Waals surface area contributed by atoms with Gasteiger partial charge in [-0.3, -0.25) is 0 Å². The standard InChI is InChI=1S/C11H14BrFO/c1-2-14-11-7-3-6-10(13)9(11)5-4-8-12/h3,6-7H,2,4-5,8H2,1H3. The van der Waals surface area contributed by atoms with Crippen molar-refractivity contribution in [2.45, 2.75) is 19.8 Å². The molecule has 0 fully saturated rings. The third-order valence-corrected chi connectivity index (χ3v) is 2.50. The number of ether oxygens (including phenoxy) is 1. The number of halogens is 2. The van der Waals surface area contributed by atoms with Crippen molar-refractivity contribution >= 4 is 15.9 Å². The van der Waals surface area contributed by atoms with Crippen LogP contribution in [0.25, 0.3) is 0 Å². The van der Waals surface area contributed by atoms with Gasteiger partial charge in [-0.25, -0.2) is 4.39 Å². The lowest BCUT2D eigenvalue weighted by molar-refractivity contribution is 0.333. The van der Waals surface area contributed by atoms with Crippen LogP contribution in [0.5, 0.6) is 5.75 Å². The summed E-state index contributed by atoms with van der Waals surface area (Å²) in [5.74, 6) is 0.505. The van der Waals surface area contributed by atoms with E-state index in [2.05, 4.69) is 15.9 Å². The van der Waals surface area contributed by atoms with E-state index in [0.717, 1.165) is 11.8 Å². The average Bonchev–Trinajstić information content (AvgIpc) is 2.18. The number of rotatable bonds is 5. The summed E-state index contributed by atoms with van der Waals surface area (Å²) in [5, 5.41) is 0.882. The fourth-order valence-corrected chi connectivity index (χ4v) is 1.60. The zero-order chi connectivity index (χ0) is 10.4. The van der Waals surface area contributed by atoms with Crippen molar-refractivity contribution in [3.05, 3.63) is 29.6 Å². The maximum atomic E-state index is 13.4. The molecule has 0 aliphatic rings. The molecule has 0 aliphatic heterocycles. The summed E-state index contributed by atoms with van der Waals surface area (Å²) >= 11 is 3.33. The molecule has 0 saturated heterocycles. The Morgan fingerprint density at radius 1 is 1.43 bits per heavy atom. The zero-order valence-corrected chi connectivity index (χ0v) is 9.81. The Hall–Kier alpha value is -0.570. The predicted octanol–water partition coefficient (Wildman–Crippen LogP) is 3.55. The molecule has 0 aliphatic carbocycles. The lowest BCUT2D eigenvalue weighted by atomic mass is 10.1. The topological polar surface area (TPSA) is 9.23 Å². The molecule has 0 N–H and O–H groups in total. The second-order valence-electron chi connectivity index (χ2n) is 2.94. The molecule has 14 heavy (non-hydrogen) atoms. The monoisotopic (exact) mass is 260 g/mol. The molecule has 78 valence electrons. The van der Waals surface area contributed by atoms with E-state index >= 15 is 0 Å². The van der Waals surface area contributed by atoms with Gasteiger partial charge >= 0.3 is 0 Å². The number of hydrogen-bond donors (Lipinski definition) is 0. The van der Waals surface area contributed by atoms with Crippen molar-refractivity contribution in [2.24, 2.45) is 0 Å². The van der Waals surface area contributed by atoms with Crippen LogP contribution in [-0.2, 0) is 6.42 Å². The molecule has 0 unspecified atom stereocenters.